The molecule has 0 amide bonds. The van der Waals surface area contributed by atoms with Crippen LogP contribution in [0.3, 0.4) is 0 Å². The summed E-state index contributed by atoms with van der Waals surface area (Å²) in [5.74, 6) is -1.60. The van der Waals surface area contributed by atoms with Gasteiger partial charge in [-0.25, -0.2) is 13.2 Å². The number of hydrogen-bond acceptors (Lipinski definition) is 2. The van der Waals surface area contributed by atoms with Gasteiger partial charge in [0.25, 0.3) is 0 Å². The van der Waals surface area contributed by atoms with Crippen LogP contribution in [0.5, 0.6) is 5.75 Å². The van der Waals surface area contributed by atoms with E-state index >= 15 is 0 Å². The summed E-state index contributed by atoms with van der Waals surface area (Å²) >= 11 is 0. The van der Waals surface area contributed by atoms with E-state index in [4.69, 9.17) is 10.5 Å². The normalized spacial score (nSPS) is 12.2. The van der Waals surface area contributed by atoms with E-state index in [2.05, 4.69) is 0 Å². The van der Waals surface area contributed by atoms with Gasteiger partial charge in [0.2, 0.25) is 0 Å². The lowest BCUT2D eigenvalue weighted by atomic mass is 9.99. The first-order valence-electron chi connectivity index (χ1n) is 6.51. The third-order valence-corrected chi connectivity index (χ3v) is 3.17. The Morgan fingerprint density at radius 2 is 1.71 bits per heavy atom. The monoisotopic (exact) mass is 295 g/mol. The maximum absolute atomic E-state index is 14.0. The summed E-state index contributed by atoms with van der Waals surface area (Å²) in [6.45, 7) is 0. The molecule has 112 valence electrons. The van der Waals surface area contributed by atoms with E-state index in [1.807, 2.05) is 0 Å². The van der Waals surface area contributed by atoms with Crippen LogP contribution in [0.15, 0.2) is 36.4 Å². The van der Waals surface area contributed by atoms with E-state index in [-0.39, 0.29) is 18.6 Å². The van der Waals surface area contributed by atoms with Crippen molar-refractivity contribution in [1.82, 2.24) is 0 Å². The number of hydrogen-bond donors (Lipinski definition) is 1. The van der Waals surface area contributed by atoms with Crippen molar-refractivity contribution >= 4 is 0 Å². The summed E-state index contributed by atoms with van der Waals surface area (Å²) in [6, 6.07) is 7.61. The minimum absolute atomic E-state index is 0.150. The highest BCUT2D eigenvalue weighted by atomic mass is 19.1. The van der Waals surface area contributed by atoms with Crippen LogP contribution in [0.1, 0.15) is 11.1 Å². The van der Waals surface area contributed by atoms with Crippen molar-refractivity contribution in [2.45, 2.75) is 18.9 Å². The summed E-state index contributed by atoms with van der Waals surface area (Å²) in [4.78, 5) is 0. The topological polar surface area (TPSA) is 35.2 Å². The van der Waals surface area contributed by atoms with Crippen molar-refractivity contribution in [1.29, 1.82) is 0 Å². The second-order valence-corrected chi connectivity index (χ2v) is 4.88. The Morgan fingerprint density at radius 3 is 2.33 bits per heavy atom. The molecule has 2 nitrogen and oxygen atoms in total. The van der Waals surface area contributed by atoms with Crippen LogP contribution >= 0.6 is 0 Å². The first-order valence-corrected chi connectivity index (χ1v) is 6.51. The molecular formula is C16H16F3NO. The second kappa shape index (κ2) is 6.63. The quantitative estimate of drug-likeness (QED) is 0.919. The van der Waals surface area contributed by atoms with Crippen molar-refractivity contribution in [2.24, 2.45) is 5.73 Å². The van der Waals surface area contributed by atoms with Crippen LogP contribution < -0.4 is 10.5 Å². The standard InChI is InChI=1S/C16H16F3NO/c1-21-15-4-2-3-11(16(15)19)8-14(20)7-10-5-12(17)9-13(18)6-10/h2-6,9,14H,7-8,20H2,1H3. The first kappa shape index (κ1) is 15.4. The zero-order valence-corrected chi connectivity index (χ0v) is 11.6. The molecule has 2 rings (SSSR count). The minimum Gasteiger partial charge on any atom is -0.494 e. The lowest BCUT2D eigenvalue weighted by molar-refractivity contribution is 0.383. The van der Waals surface area contributed by atoms with Gasteiger partial charge in [0.15, 0.2) is 11.6 Å². The molecule has 0 radical (unpaired) electrons. The van der Waals surface area contributed by atoms with Crippen LogP contribution in [0.4, 0.5) is 13.2 Å². The maximum Gasteiger partial charge on any atom is 0.168 e. The molecule has 1 unspecified atom stereocenters. The molecule has 0 aliphatic carbocycles. The fourth-order valence-corrected chi connectivity index (χ4v) is 2.26. The van der Waals surface area contributed by atoms with Crippen LogP contribution in [0.2, 0.25) is 0 Å². The van der Waals surface area contributed by atoms with Gasteiger partial charge < -0.3 is 10.5 Å². The smallest absolute Gasteiger partial charge is 0.168 e. The van der Waals surface area contributed by atoms with Crippen molar-refractivity contribution in [3.05, 3.63) is 65.0 Å². The molecule has 0 bridgehead atoms. The Kier molecular flexibility index (Phi) is 4.85. The molecule has 0 aliphatic heterocycles. The average Bonchev–Trinajstić information content (AvgIpc) is 2.40. The van der Waals surface area contributed by atoms with Gasteiger partial charge in [-0.3, -0.25) is 0 Å². The highest BCUT2D eigenvalue weighted by Gasteiger charge is 2.13. The Hall–Kier alpha value is -2.01. The molecule has 0 spiro atoms. The summed E-state index contributed by atoms with van der Waals surface area (Å²) < 4.78 is 45.1. The molecule has 2 aromatic rings. The zero-order chi connectivity index (χ0) is 15.4. The molecule has 0 aliphatic rings. The summed E-state index contributed by atoms with van der Waals surface area (Å²) in [5, 5.41) is 0. The molecular weight excluding hydrogens is 279 g/mol. The predicted octanol–water partition coefficient (Wildman–Crippen LogP) is 3.23. The second-order valence-electron chi connectivity index (χ2n) is 4.88. The van der Waals surface area contributed by atoms with E-state index < -0.39 is 23.5 Å². The van der Waals surface area contributed by atoms with Gasteiger partial charge in [-0.15, -0.1) is 0 Å². The third kappa shape index (κ3) is 3.98. The van der Waals surface area contributed by atoms with Crippen molar-refractivity contribution in [2.75, 3.05) is 7.11 Å². The number of ether oxygens (including phenoxy) is 1. The van der Waals surface area contributed by atoms with E-state index in [1.54, 1.807) is 12.1 Å². The molecule has 21 heavy (non-hydrogen) atoms. The van der Waals surface area contributed by atoms with Gasteiger partial charge in [0.1, 0.15) is 11.6 Å². The van der Waals surface area contributed by atoms with E-state index in [9.17, 15) is 13.2 Å². The molecule has 0 saturated heterocycles. The number of halogens is 3. The van der Waals surface area contributed by atoms with Gasteiger partial charge in [0, 0.05) is 12.1 Å². The van der Waals surface area contributed by atoms with Crippen LogP contribution in [0.25, 0.3) is 0 Å². The molecule has 1 atom stereocenters. The van der Waals surface area contributed by atoms with Gasteiger partial charge in [-0.05, 0) is 42.2 Å². The van der Waals surface area contributed by atoms with Gasteiger partial charge in [-0.1, -0.05) is 12.1 Å². The molecule has 0 heterocycles. The minimum atomic E-state index is -0.648. The van der Waals surface area contributed by atoms with Crippen molar-refractivity contribution in [3.63, 3.8) is 0 Å². The summed E-state index contributed by atoms with van der Waals surface area (Å²) in [7, 11) is 1.39. The molecule has 5 heteroatoms. The lowest BCUT2D eigenvalue weighted by Gasteiger charge is -2.14. The number of rotatable bonds is 5. The Balaban J connectivity index is 2.09. The predicted molar refractivity (Wildman–Crippen MR) is 74.7 cm³/mol. The average molecular weight is 295 g/mol. The maximum atomic E-state index is 14.0. The largest absolute Gasteiger partial charge is 0.494 e. The summed E-state index contributed by atoms with van der Waals surface area (Å²) in [5.41, 5.74) is 6.81. The van der Waals surface area contributed by atoms with Crippen LogP contribution in [-0.4, -0.2) is 13.2 Å². The van der Waals surface area contributed by atoms with E-state index in [0.29, 0.717) is 11.1 Å². The van der Waals surface area contributed by atoms with Crippen LogP contribution in [0, 0.1) is 17.5 Å². The highest BCUT2D eigenvalue weighted by Crippen LogP contribution is 2.21. The fourth-order valence-electron chi connectivity index (χ4n) is 2.26. The van der Waals surface area contributed by atoms with Gasteiger partial charge >= 0.3 is 0 Å². The molecule has 2 N–H and O–H groups in total. The number of nitrogens with two attached hydrogens (primary N) is 1. The van der Waals surface area contributed by atoms with Crippen molar-refractivity contribution < 1.29 is 17.9 Å². The molecule has 0 aromatic heterocycles. The van der Waals surface area contributed by atoms with E-state index in [0.717, 1.165) is 6.07 Å². The van der Waals surface area contributed by atoms with Gasteiger partial charge in [0.05, 0.1) is 7.11 Å². The Labute approximate surface area is 121 Å². The van der Waals surface area contributed by atoms with E-state index in [1.165, 1.54) is 25.3 Å². The first-order chi connectivity index (χ1) is 9.99. The van der Waals surface area contributed by atoms with Crippen LogP contribution in [-0.2, 0) is 12.8 Å². The molecule has 0 fully saturated rings. The summed E-state index contributed by atoms with van der Waals surface area (Å²) in [6.07, 6.45) is 0.506. The zero-order valence-electron chi connectivity index (χ0n) is 11.6. The fraction of sp³-hybridized carbons (Fsp3) is 0.250. The molecule has 2 aromatic carbocycles. The number of benzene rings is 2. The van der Waals surface area contributed by atoms with Crippen molar-refractivity contribution in [3.8, 4) is 5.75 Å². The molecule has 0 saturated carbocycles. The highest BCUT2D eigenvalue weighted by molar-refractivity contribution is 5.32. The van der Waals surface area contributed by atoms with Gasteiger partial charge in [-0.2, -0.15) is 0 Å². The SMILES string of the molecule is COc1cccc(CC(N)Cc2cc(F)cc(F)c2)c1F. The Morgan fingerprint density at radius 1 is 1.05 bits per heavy atom. The lowest BCUT2D eigenvalue weighted by Crippen LogP contribution is -2.26. The third-order valence-electron chi connectivity index (χ3n) is 3.17. The number of methoxy groups -OCH3 is 1. The Bertz CT molecular complexity index is 611.